The fourth-order valence-corrected chi connectivity index (χ4v) is 13.3. The summed E-state index contributed by atoms with van der Waals surface area (Å²) in [4.78, 5) is 8.53. The molecule has 0 saturated carbocycles. The van der Waals surface area contributed by atoms with Gasteiger partial charge in [0.15, 0.2) is 0 Å². The Labute approximate surface area is 372 Å². The number of hydrogen-bond donors (Lipinski definition) is 0. The van der Waals surface area contributed by atoms with Gasteiger partial charge in [0.2, 0.25) is 0 Å². The van der Waals surface area contributed by atoms with E-state index in [1.807, 2.05) is 0 Å². The van der Waals surface area contributed by atoms with Gasteiger partial charge in [0.1, 0.15) is 6.17 Å². The largest absolute Gasteiger partial charge is 0.317 e. The van der Waals surface area contributed by atoms with Crippen molar-refractivity contribution in [2.75, 3.05) is 0 Å². The highest BCUT2D eigenvalue weighted by molar-refractivity contribution is 6.09. The lowest BCUT2D eigenvalue weighted by molar-refractivity contribution is 0.155. The standard InChI is InChI=1S/C59H58N4/c1-4-16-39(17-5-1)43-36-52(40-18-6-2-7-19-40)60-59(37-43)63-55-27-15-12-24-48(55)51-38-45(30-33-58(51)63)62-54-26-14-11-23-47(54)50-35-42(29-32-57(50)62)41-28-31-56-49(34-41)46-22-10-13-25-53(46)61(56)44-20-8-3-9-21-44/h1-2,4,6-8,10-13,15-16,18,20,22-25,27,30,33-36,38,40-41,44,46,53,56,59H,3,5,9,14,17,19,21,26,28-29,31-32,37H2. The van der Waals surface area contributed by atoms with Crippen LogP contribution in [-0.4, -0.2) is 37.9 Å². The monoisotopic (exact) mass is 822 g/mol. The van der Waals surface area contributed by atoms with Gasteiger partial charge >= 0.3 is 0 Å². The van der Waals surface area contributed by atoms with Crippen LogP contribution < -0.4 is 0 Å². The smallest absolute Gasteiger partial charge is 0.129 e. The second kappa shape index (κ2) is 15.5. The van der Waals surface area contributed by atoms with Gasteiger partial charge in [-0.05, 0) is 130 Å². The number of dihydropyridines is 1. The molecule has 7 aliphatic carbocycles. The molecule has 0 radical (unpaired) electrons. The molecule has 9 aliphatic rings. The minimum Gasteiger partial charge on any atom is -0.317 e. The van der Waals surface area contributed by atoms with E-state index in [0.717, 1.165) is 51.4 Å². The Hall–Kier alpha value is -5.71. The van der Waals surface area contributed by atoms with Crippen LogP contribution in [0.3, 0.4) is 0 Å². The first-order chi connectivity index (χ1) is 31.2. The molecule has 13 rings (SSSR count). The zero-order chi connectivity index (χ0) is 41.4. The minimum atomic E-state index is -0.00178. The Kier molecular flexibility index (Phi) is 9.32. The van der Waals surface area contributed by atoms with Crippen LogP contribution in [0.2, 0.25) is 0 Å². The van der Waals surface area contributed by atoms with Crippen molar-refractivity contribution in [1.29, 1.82) is 0 Å². The Balaban J connectivity index is 0.879. The molecular weight excluding hydrogens is 765 g/mol. The quantitative estimate of drug-likeness (QED) is 0.178. The number of aliphatic imine (C=N–C) groups is 1. The van der Waals surface area contributed by atoms with E-state index < -0.39 is 0 Å². The summed E-state index contributed by atoms with van der Waals surface area (Å²) >= 11 is 0. The molecule has 7 atom stereocenters. The van der Waals surface area contributed by atoms with E-state index in [4.69, 9.17) is 4.99 Å². The first kappa shape index (κ1) is 37.8. The third kappa shape index (κ3) is 6.30. The van der Waals surface area contributed by atoms with Crippen molar-refractivity contribution in [3.63, 3.8) is 0 Å². The zero-order valence-corrected chi connectivity index (χ0v) is 36.5. The van der Waals surface area contributed by atoms with E-state index in [9.17, 15) is 0 Å². The number of aromatic nitrogens is 2. The van der Waals surface area contributed by atoms with Crippen LogP contribution in [0.4, 0.5) is 0 Å². The first-order valence-corrected chi connectivity index (χ1v) is 24.4. The predicted molar refractivity (Wildman–Crippen MR) is 263 cm³/mol. The fourth-order valence-electron chi connectivity index (χ4n) is 13.3. The van der Waals surface area contributed by atoms with Gasteiger partial charge in [-0.15, -0.1) is 0 Å². The second-order valence-corrected chi connectivity index (χ2v) is 19.6. The SMILES string of the molecule is C1=CCCC(C2=CC(C3C=CC=CC3)=NC(n3c4ccccc4c4cc(-n5c6c(c7c5CCC(C5C=C8C9C=CC=CC9N(C9C=CCCC9)C8CC5)=C7)C=CCC6)ccc43)C2)=C1. The van der Waals surface area contributed by atoms with Crippen molar-refractivity contribution in [2.45, 2.75) is 108 Å². The number of benzene rings is 2. The molecule has 4 heterocycles. The molecule has 1 saturated heterocycles. The molecule has 63 heavy (non-hydrogen) atoms. The van der Waals surface area contributed by atoms with Gasteiger partial charge in [0.05, 0.1) is 11.0 Å². The Morgan fingerprint density at radius 3 is 2.46 bits per heavy atom. The fraction of sp³-hybridized carbons (Fsp3) is 0.339. The molecule has 1 fully saturated rings. The number of nitrogens with zero attached hydrogens (tertiary/aromatic N) is 4. The molecule has 4 heteroatoms. The molecule has 0 bridgehead atoms. The lowest BCUT2D eigenvalue weighted by Crippen LogP contribution is -2.45. The summed E-state index contributed by atoms with van der Waals surface area (Å²) < 4.78 is 5.25. The minimum absolute atomic E-state index is 0.00178. The van der Waals surface area contributed by atoms with Crippen molar-refractivity contribution in [2.24, 2.45) is 22.7 Å². The summed E-state index contributed by atoms with van der Waals surface area (Å²) in [7, 11) is 0. The topological polar surface area (TPSA) is 25.5 Å². The van der Waals surface area contributed by atoms with Crippen LogP contribution in [0.25, 0.3) is 39.6 Å². The van der Waals surface area contributed by atoms with Gasteiger partial charge in [-0.2, -0.15) is 0 Å². The van der Waals surface area contributed by atoms with E-state index in [-0.39, 0.29) is 6.17 Å². The molecule has 0 N–H and O–H groups in total. The van der Waals surface area contributed by atoms with Gasteiger partial charge in [0.25, 0.3) is 0 Å². The lowest BCUT2D eigenvalue weighted by atomic mass is 9.76. The zero-order valence-electron chi connectivity index (χ0n) is 36.5. The van der Waals surface area contributed by atoms with Crippen LogP contribution in [0, 0.1) is 17.8 Å². The van der Waals surface area contributed by atoms with Crippen LogP contribution in [0.15, 0.2) is 167 Å². The highest BCUT2D eigenvalue weighted by Gasteiger charge is 2.47. The van der Waals surface area contributed by atoms with Crippen LogP contribution >= 0.6 is 0 Å². The third-order valence-electron chi connectivity index (χ3n) is 16.1. The number of hydrogen-bond acceptors (Lipinski definition) is 2. The van der Waals surface area contributed by atoms with Crippen molar-refractivity contribution < 1.29 is 0 Å². The molecule has 0 spiro atoms. The van der Waals surface area contributed by atoms with Gasteiger partial charge in [0, 0.05) is 81.1 Å². The maximum absolute atomic E-state index is 5.63. The number of likely N-dealkylation sites (tertiary alicyclic amines) is 1. The molecule has 0 amide bonds. The van der Waals surface area contributed by atoms with Gasteiger partial charge < -0.3 is 9.13 Å². The van der Waals surface area contributed by atoms with E-state index in [1.54, 1.807) is 11.1 Å². The molecule has 7 unspecified atom stereocenters. The summed E-state index contributed by atoms with van der Waals surface area (Å²) in [5.74, 6) is 1.35. The van der Waals surface area contributed by atoms with Crippen molar-refractivity contribution >= 4 is 39.7 Å². The third-order valence-corrected chi connectivity index (χ3v) is 16.1. The molecular formula is C59H58N4. The normalized spacial score (nSPS) is 29.5. The second-order valence-electron chi connectivity index (χ2n) is 19.6. The number of allylic oxidation sites excluding steroid dienone is 15. The highest BCUT2D eigenvalue weighted by Crippen LogP contribution is 2.49. The Morgan fingerprint density at radius 2 is 1.56 bits per heavy atom. The highest BCUT2D eigenvalue weighted by atomic mass is 15.2. The van der Waals surface area contributed by atoms with E-state index in [1.165, 1.54) is 99.0 Å². The van der Waals surface area contributed by atoms with Gasteiger partial charge in [-0.25, -0.2) is 0 Å². The number of rotatable bonds is 6. The van der Waals surface area contributed by atoms with Crippen molar-refractivity contribution in [3.05, 3.63) is 184 Å². The molecule has 4 nitrogen and oxygen atoms in total. The molecule has 2 aliphatic heterocycles. The molecule has 4 aromatic rings. The summed E-state index contributed by atoms with van der Waals surface area (Å²) in [6.45, 7) is 0. The van der Waals surface area contributed by atoms with E-state index in [2.05, 4.69) is 166 Å². The van der Waals surface area contributed by atoms with E-state index in [0.29, 0.717) is 35.9 Å². The summed E-state index contributed by atoms with van der Waals surface area (Å²) in [5.41, 5.74) is 17.2. The number of para-hydroxylation sites is 1. The maximum atomic E-state index is 5.63. The van der Waals surface area contributed by atoms with Crippen LogP contribution in [0.1, 0.15) is 99.3 Å². The predicted octanol–water partition coefficient (Wildman–Crippen LogP) is 13.8. The Morgan fingerprint density at radius 1 is 0.651 bits per heavy atom. The lowest BCUT2D eigenvalue weighted by Gasteiger charge is -2.38. The van der Waals surface area contributed by atoms with Crippen molar-refractivity contribution in [1.82, 2.24) is 14.0 Å². The van der Waals surface area contributed by atoms with Crippen molar-refractivity contribution in [3.8, 4) is 5.69 Å². The summed E-state index contributed by atoms with van der Waals surface area (Å²) in [5, 5.41) is 2.65. The van der Waals surface area contributed by atoms with Crippen LogP contribution in [-0.2, 0) is 12.8 Å². The molecule has 2 aromatic heterocycles. The first-order valence-electron chi connectivity index (χ1n) is 24.4. The average Bonchev–Trinajstić information content (AvgIpc) is 3.99. The van der Waals surface area contributed by atoms with E-state index >= 15 is 0 Å². The number of fused-ring (bicyclic) bond motifs is 9. The average molecular weight is 823 g/mol. The van der Waals surface area contributed by atoms with Gasteiger partial charge in [-0.1, -0.05) is 127 Å². The van der Waals surface area contributed by atoms with Gasteiger partial charge in [-0.3, -0.25) is 9.89 Å². The molecule has 314 valence electrons. The molecule has 2 aromatic carbocycles. The van der Waals surface area contributed by atoms with Crippen LogP contribution in [0.5, 0.6) is 0 Å². The summed E-state index contributed by atoms with van der Waals surface area (Å²) in [6.07, 6.45) is 58.1. The Bertz CT molecular complexity index is 2930. The maximum Gasteiger partial charge on any atom is 0.129 e. The summed E-state index contributed by atoms with van der Waals surface area (Å²) in [6, 6.07) is 18.1.